The topological polar surface area (TPSA) is 24.1 Å². The highest BCUT2D eigenvalue weighted by Gasteiger charge is 2.21. The second-order valence-corrected chi connectivity index (χ2v) is 12.1. The maximum absolute atomic E-state index is 3.73. The van der Waals surface area contributed by atoms with Crippen molar-refractivity contribution < 1.29 is 0 Å². The van der Waals surface area contributed by atoms with Gasteiger partial charge in [-0.05, 0) is 77.3 Å². The molecule has 3 heteroatoms. The summed E-state index contributed by atoms with van der Waals surface area (Å²) in [7, 11) is 0. The minimum Gasteiger partial charge on any atom is -0.312 e. The van der Waals surface area contributed by atoms with Crippen LogP contribution in [0.2, 0.25) is 0 Å². The molecule has 3 rings (SSSR count). The smallest absolute Gasteiger partial charge is 0.0205 e. The van der Waals surface area contributed by atoms with E-state index in [-0.39, 0.29) is 23.2 Å². The van der Waals surface area contributed by atoms with Gasteiger partial charge in [-0.15, -0.1) is 12.4 Å². The molecule has 0 aromatic heterocycles. The lowest BCUT2D eigenvalue weighted by Gasteiger charge is -2.29. The van der Waals surface area contributed by atoms with E-state index in [0.29, 0.717) is 0 Å². The Hall–Kier alpha value is -1.35. The summed E-state index contributed by atoms with van der Waals surface area (Å²) in [5.74, 6) is 1.63. The summed E-state index contributed by atoms with van der Waals surface area (Å²) in [5, 5.41) is 7.46. The van der Waals surface area contributed by atoms with Crippen molar-refractivity contribution in [3.63, 3.8) is 0 Å². The van der Waals surface area contributed by atoms with E-state index in [1.807, 2.05) is 0 Å². The van der Waals surface area contributed by atoms with Crippen LogP contribution in [0.5, 0.6) is 0 Å². The highest BCUT2D eigenvalue weighted by atomic mass is 35.5. The molecule has 0 heterocycles. The fraction of sp³-hybridized carbons (Fsp3) is 0.600. The quantitative estimate of drug-likeness (QED) is 0.420. The molecule has 2 aromatic carbocycles. The molecule has 0 bridgehead atoms. The Morgan fingerprint density at radius 3 is 1.33 bits per heavy atom. The molecule has 184 valence electrons. The van der Waals surface area contributed by atoms with Gasteiger partial charge in [0.2, 0.25) is 0 Å². The molecule has 0 saturated heterocycles. The molecule has 2 atom stereocenters. The molecular formula is C30H47ClN2. The van der Waals surface area contributed by atoms with Crippen molar-refractivity contribution in [3.05, 3.63) is 70.8 Å². The van der Waals surface area contributed by atoms with Crippen LogP contribution < -0.4 is 10.6 Å². The lowest BCUT2D eigenvalue weighted by Crippen LogP contribution is -2.31. The van der Waals surface area contributed by atoms with E-state index < -0.39 is 0 Å². The molecule has 2 nitrogen and oxygen atoms in total. The highest BCUT2D eigenvalue weighted by molar-refractivity contribution is 5.85. The van der Waals surface area contributed by atoms with Crippen LogP contribution in [-0.2, 0) is 23.9 Å². The first kappa shape index (κ1) is 27.9. The first-order chi connectivity index (χ1) is 15.1. The Balaban J connectivity index is 0.00000385. The molecular weight excluding hydrogens is 424 g/mol. The zero-order valence-corrected chi connectivity index (χ0v) is 22.7. The molecule has 0 radical (unpaired) electrons. The van der Waals surface area contributed by atoms with Gasteiger partial charge in [-0.3, -0.25) is 0 Å². The van der Waals surface area contributed by atoms with Crippen molar-refractivity contribution in [2.24, 2.45) is 11.8 Å². The standard InChI is InChI=1S/C30H46N2.ClH/c1-29(2,3)27-14-10-23(11-15-27)19-31-21-25-8-7-9-26(18-25)22-32-20-24-12-16-28(17-13-24)30(4,5)6;/h10-17,25-26,31-32H,7-9,18-22H2,1-6H3;1H. The van der Waals surface area contributed by atoms with Crippen molar-refractivity contribution in [1.29, 1.82) is 0 Å². The predicted octanol–water partition coefficient (Wildman–Crippen LogP) is 7.39. The SMILES string of the molecule is CC(C)(C)c1ccc(CNCC2CCCC(CNCc3ccc(C(C)(C)C)cc3)C2)cc1.Cl. The van der Waals surface area contributed by atoms with Gasteiger partial charge in [0.25, 0.3) is 0 Å². The molecule has 2 N–H and O–H groups in total. The van der Waals surface area contributed by atoms with Crippen LogP contribution in [0.3, 0.4) is 0 Å². The van der Waals surface area contributed by atoms with Gasteiger partial charge in [-0.25, -0.2) is 0 Å². The lowest BCUT2D eigenvalue weighted by atomic mass is 9.81. The first-order valence-corrected chi connectivity index (χ1v) is 12.7. The largest absolute Gasteiger partial charge is 0.312 e. The third-order valence-electron chi connectivity index (χ3n) is 7.06. The van der Waals surface area contributed by atoms with E-state index in [1.54, 1.807) is 0 Å². The number of halogens is 1. The Bertz CT molecular complexity index is 743. The molecule has 1 aliphatic carbocycles. The number of hydrogen-bond donors (Lipinski definition) is 2. The molecule has 0 amide bonds. The van der Waals surface area contributed by atoms with Gasteiger partial charge in [-0.2, -0.15) is 0 Å². The fourth-order valence-corrected chi connectivity index (χ4v) is 4.86. The van der Waals surface area contributed by atoms with E-state index in [9.17, 15) is 0 Å². The number of benzene rings is 2. The van der Waals surface area contributed by atoms with Crippen LogP contribution in [-0.4, -0.2) is 13.1 Å². The number of nitrogens with one attached hydrogen (secondary N) is 2. The average molecular weight is 471 g/mol. The zero-order chi connectivity index (χ0) is 23.2. The van der Waals surface area contributed by atoms with Gasteiger partial charge in [0, 0.05) is 13.1 Å². The third kappa shape index (κ3) is 9.08. The van der Waals surface area contributed by atoms with Crippen LogP contribution >= 0.6 is 12.4 Å². The minimum absolute atomic E-state index is 0. The molecule has 1 saturated carbocycles. The number of hydrogen-bond acceptors (Lipinski definition) is 2. The van der Waals surface area contributed by atoms with E-state index in [1.165, 1.54) is 47.9 Å². The first-order valence-electron chi connectivity index (χ1n) is 12.7. The molecule has 33 heavy (non-hydrogen) atoms. The van der Waals surface area contributed by atoms with Crippen molar-refractivity contribution in [2.45, 2.75) is 91.1 Å². The molecule has 1 fully saturated rings. The second kappa shape index (κ2) is 12.4. The van der Waals surface area contributed by atoms with E-state index in [0.717, 1.165) is 38.0 Å². The van der Waals surface area contributed by atoms with Crippen LogP contribution in [0.15, 0.2) is 48.5 Å². The van der Waals surface area contributed by atoms with Crippen molar-refractivity contribution >= 4 is 12.4 Å². The van der Waals surface area contributed by atoms with Crippen LogP contribution in [0.25, 0.3) is 0 Å². The third-order valence-corrected chi connectivity index (χ3v) is 7.06. The Kier molecular flexibility index (Phi) is 10.5. The van der Waals surface area contributed by atoms with Gasteiger partial charge in [0.05, 0.1) is 0 Å². The van der Waals surface area contributed by atoms with Gasteiger partial charge in [0.15, 0.2) is 0 Å². The van der Waals surface area contributed by atoms with E-state index in [2.05, 4.69) is 101 Å². The van der Waals surface area contributed by atoms with E-state index >= 15 is 0 Å². The molecule has 2 aromatic rings. The zero-order valence-electron chi connectivity index (χ0n) is 21.8. The van der Waals surface area contributed by atoms with Gasteiger partial charge >= 0.3 is 0 Å². The van der Waals surface area contributed by atoms with Crippen LogP contribution in [0, 0.1) is 11.8 Å². The normalized spacial score (nSPS) is 19.2. The summed E-state index contributed by atoms with van der Waals surface area (Å²) in [4.78, 5) is 0. The molecule has 0 spiro atoms. The molecule has 2 unspecified atom stereocenters. The maximum atomic E-state index is 3.73. The number of rotatable bonds is 8. The monoisotopic (exact) mass is 470 g/mol. The van der Waals surface area contributed by atoms with Crippen LogP contribution in [0.1, 0.15) is 89.5 Å². The summed E-state index contributed by atoms with van der Waals surface area (Å²) in [6.45, 7) is 17.9. The van der Waals surface area contributed by atoms with Crippen molar-refractivity contribution in [3.8, 4) is 0 Å². The predicted molar refractivity (Wildman–Crippen MR) is 146 cm³/mol. The minimum atomic E-state index is 0. The summed E-state index contributed by atoms with van der Waals surface area (Å²) < 4.78 is 0. The lowest BCUT2D eigenvalue weighted by molar-refractivity contribution is 0.252. The molecule has 0 aliphatic heterocycles. The van der Waals surface area contributed by atoms with Gasteiger partial charge in [0.1, 0.15) is 0 Å². The Morgan fingerprint density at radius 1 is 0.636 bits per heavy atom. The highest BCUT2D eigenvalue weighted by Crippen LogP contribution is 2.28. The second-order valence-electron chi connectivity index (χ2n) is 12.1. The van der Waals surface area contributed by atoms with Crippen LogP contribution in [0.4, 0.5) is 0 Å². The van der Waals surface area contributed by atoms with Crippen molar-refractivity contribution in [1.82, 2.24) is 10.6 Å². The van der Waals surface area contributed by atoms with Crippen molar-refractivity contribution in [2.75, 3.05) is 13.1 Å². The average Bonchev–Trinajstić information content (AvgIpc) is 2.74. The van der Waals surface area contributed by atoms with Gasteiger partial charge < -0.3 is 10.6 Å². The Labute approximate surface area is 209 Å². The summed E-state index contributed by atoms with van der Waals surface area (Å²) in [5.41, 5.74) is 6.07. The summed E-state index contributed by atoms with van der Waals surface area (Å²) in [6.07, 6.45) is 5.48. The fourth-order valence-electron chi connectivity index (χ4n) is 4.86. The molecule has 1 aliphatic rings. The maximum Gasteiger partial charge on any atom is 0.0205 e. The van der Waals surface area contributed by atoms with Gasteiger partial charge in [-0.1, -0.05) is 96.5 Å². The summed E-state index contributed by atoms with van der Waals surface area (Å²) in [6, 6.07) is 18.3. The summed E-state index contributed by atoms with van der Waals surface area (Å²) >= 11 is 0. The van der Waals surface area contributed by atoms with E-state index in [4.69, 9.17) is 0 Å². The Morgan fingerprint density at radius 2 is 1.00 bits per heavy atom.